The van der Waals surface area contributed by atoms with Crippen LogP contribution in [0.5, 0.6) is 28.7 Å². The number of allylic oxidation sites excluding steroid dienone is 4. The van der Waals surface area contributed by atoms with Crippen molar-refractivity contribution in [3.8, 4) is 28.7 Å². The van der Waals surface area contributed by atoms with Crippen molar-refractivity contribution in [2.75, 3.05) is 32.8 Å². The lowest BCUT2D eigenvalue weighted by atomic mass is 9.95. The summed E-state index contributed by atoms with van der Waals surface area (Å²) in [6.07, 6.45) is 5.26. The quantitative estimate of drug-likeness (QED) is 0.109. The predicted molar refractivity (Wildman–Crippen MR) is 178 cm³/mol. The fraction of sp³-hybridized carbons (Fsp3) is 0.135. The van der Waals surface area contributed by atoms with Gasteiger partial charge < -0.3 is 29.0 Å². The van der Waals surface area contributed by atoms with E-state index in [9.17, 15) is 9.59 Å². The molecular formula is C37H31N3O7. The highest BCUT2D eigenvalue weighted by Crippen LogP contribution is 2.38. The summed E-state index contributed by atoms with van der Waals surface area (Å²) in [7, 11) is 3.16. The van der Waals surface area contributed by atoms with Gasteiger partial charge in [0.1, 0.15) is 42.6 Å². The monoisotopic (exact) mass is 629 g/mol. The second kappa shape index (κ2) is 14.4. The van der Waals surface area contributed by atoms with E-state index in [-0.39, 0.29) is 17.1 Å². The molecule has 0 saturated carbocycles. The summed E-state index contributed by atoms with van der Waals surface area (Å²) in [5.74, 6) is 2.55. The molecule has 0 unspecified atom stereocenters. The molecule has 1 heterocycles. The Labute approximate surface area is 271 Å². The van der Waals surface area contributed by atoms with Crippen LogP contribution < -0.4 is 24.3 Å². The maximum atomic E-state index is 13.0. The van der Waals surface area contributed by atoms with Gasteiger partial charge in [0, 0.05) is 35.4 Å². The van der Waals surface area contributed by atoms with Crippen molar-refractivity contribution in [2.45, 2.75) is 6.61 Å². The van der Waals surface area contributed by atoms with Crippen molar-refractivity contribution in [3.05, 3.63) is 121 Å². The van der Waals surface area contributed by atoms with E-state index in [0.29, 0.717) is 76.5 Å². The zero-order valence-electron chi connectivity index (χ0n) is 25.8. The maximum absolute atomic E-state index is 13.0. The Morgan fingerprint density at radius 3 is 2.34 bits per heavy atom. The molecule has 5 aromatic rings. The minimum atomic E-state index is -0.311. The smallest absolute Gasteiger partial charge is 0.186 e. The Morgan fingerprint density at radius 2 is 1.55 bits per heavy atom. The van der Waals surface area contributed by atoms with E-state index >= 15 is 0 Å². The molecule has 0 amide bonds. The van der Waals surface area contributed by atoms with Crippen molar-refractivity contribution in [2.24, 2.45) is 0 Å². The SMILES string of the molecule is COCCOc1cc2ncnc(Nc3ccc(Oc4ccc(OCc5ccccc5)cc4)c(C4=CC(=O)C=CC4=O)c3)c2cc1OC. The number of nitrogens with zero attached hydrogens (tertiary/aromatic N) is 2. The van der Waals surface area contributed by atoms with Crippen LogP contribution in [0.15, 0.2) is 109 Å². The molecule has 0 aliphatic heterocycles. The van der Waals surface area contributed by atoms with Crippen molar-refractivity contribution >= 4 is 39.5 Å². The Balaban J connectivity index is 1.28. The lowest BCUT2D eigenvalue weighted by molar-refractivity contribution is -0.113. The number of benzene rings is 4. The number of carbonyl (C=O) groups excluding carboxylic acids is 2. The molecule has 1 N–H and O–H groups in total. The van der Waals surface area contributed by atoms with Crippen LogP contribution >= 0.6 is 0 Å². The molecule has 6 rings (SSSR count). The molecular weight excluding hydrogens is 598 g/mol. The van der Waals surface area contributed by atoms with E-state index in [4.69, 9.17) is 23.7 Å². The number of aromatic nitrogens is 2. The zero-order valence-corrected chi connectivity index (χ0v) is 25.8. The fourth-order valence-electron chi connectivity index (χ4n) is 4.91. The van der Waals surface area contributed by atoms with Crippen molar-refractivity contribution in [1.29, 1.82) is 0 Å². The number of nitrogens with one attached hydrogen (secondary N) is 1. The third-order valence-corrected chi connectivity index (χ3v) is 7.25. The van der Waals surface area contributed by atoms with Crippen LogP contribution in [0.1, 0.15) is 11.1 Å². The van der Waals surface area contributed by atoms with Gasteiger partial charge in [-0.05, 0) is 72.3 Å². The lowest BCUT2D eigenvalue weighted by Crippen LogP contribution is -2.08. The topological polar surface area (TPSA) is 118 Å². The lowest BCUT2D eigenvalue weighted by Gasteiger charge is -2.17. The van der Waals surface area contributed by atoms with Gasteiger partial charge >= 0.3 is 0 Å². The van der Waals surface area contributed by atoms with Crippen molar-refractivity contribution in [1.82, 2.24) is 9.97 Å². The summed E-state index contributed by atoms with van der Waals surface area (Å²) in [5.41, 5.74) is 2.95. The third-order valence-electron chi connectivity index (χ3n) is 7.25. The largest absolute Gasteiger partial charge is 0.493 e. The van der Waals surface area contributed by atoms with Gasteiger partial charge in [0.25, 0.3) is 0 Å². The number of anilines is 2. The molecule has 0 spiro atoms. The molecule has 1 aliphatic rings. The summed E-state index contributed by atoms with van der Waals surface area (Å²) in [6.45, 7) is 1.22. The van der Waals surface area contributed by atoms with Crippen LogP contribution in [-0.4, -0.2) is 49.0 Å². The number of methoxy groups -OCH3 is 2. The van der Waals surface area contributed by atoms with Gasteiger partial charge in [0.15, 0.2) is 23.1 Å². The summed E-state index contributed by atoms with van der Waals surface area (Å²) < 4.78 is 28.6. The van der Waals surface area contributed by atoms with E-state index in [2.05, 4.69) is 15.3 Å². The first kappa shape index (κ1) is 31.0. The average Bonchev–Trinajstić information content (AvgIpc) is 3.10. The van der Waals surface area contributed by atoms with Crippen molar-refractivity contribution < 1.29 is 33.3 Å². The van der Waals surface area contributed by atoms with E-state index in [1.807, 2.05) is 42.5 Å². The number of ketones is 2. The van der Waals surface area contributed by atoms with E-state index in [1.54, 1.807) is 56.7 Å². The molecule has 1 aliphatic carbocycles. The molecule has 0 fully saturated rings. The number of fused-ring (bicyclic) bond motifs is 1. The minimum Gasteiger partial charge on any atom is -0.493 e. The number of hydrogen-bond donors (Lipinski definition) is 1. The molecule has 0 atom stereocenters. The van der Waals surface area contributed by atoms with Crippen LogP contribution in [0, 0.1) is 0 Å². The molecule has 0 bridgehead atoms. The van der Waals surface area contributed by atoms with E-state index in [0.717, 1.165) is 5.56 Å². The Bertz CT molecular complexity index is 1970. The van der Waals surface area contributed by atoms with Gasteiger partial charge in [-0.3, -0.25) is 9.59 Å². The van der Waals surface area contributed by atoms with Crippen molar-refractivity contribution in [3.63, 3.8) is 0 Å². The number of rotatable bonds is 13. The fourth-order valence-corrected chi connectivity index (χ4v) is 4.91. The van der Waals surface area contributed by atoms with E-state index < -0.39 is 0 Å². The van der Waals surface area contributed by atoms with Gasteiger partial charge in [-0.1, -0.05) is 30.3 Å². The standard InChI is InChI=1S/C37H31N3O7/c1-43-16-17-45-36-21-32-31(20-35(36)44-2)37(39-23-38-32)40-25-8-15-34(30(18-25)29-19-26(41)9-14-33(29)42)47-28-12-10-27(11-13-28)46-22-24-6-4-3-5-7-24/h3-15,18-21,23H,16-17,22H2,1-2H3,(H,38,39,40). The van der Waals surface area contributed by atoms with Gasteiger partial charge in [0.2, 0.25) is 0 Å². The second-order valence-electron chi connectivity index (χ2n) is 10.4. The molecule has 10 nitrogen and oxygen atoms in total. The molecule has 1 aromatic heterocycles. The zero-order chi connectivity index (χ0) is 32.6. The highest BCUT2D eigenvalue weighted by molar-refractivity contribution is 6.34. The highest BCUT2D eigenvalue weighted by atomic mass is 16.5. The molecule has 10 heteroatoms. The molecule has 47 heavy (non-hydrogen) atoms. The number of carbonyl (C=O) groups is 2. The van der Waals surface area contributed by atoms with Crippen LogP contribution in [-0.2, 0) is 20.9 Å². The first-order valence-corrected chi connectivity index (χ1v) is 14.8. The normalized spacial score (nSPS) is 12.5. The van der Waals surface area contributed by atoms with Crippen LogP contribution in [0.4, 0.5) is 11.5 Å². The van der Waals surface area contributed by atoms with Gasteiger partial charge in [0.05, 0.1) is 19.2 Å². The Morgan fingerprint density at radius 1 is 0.745 bits per heavy atom. The van der Waals surface area contributed by atoms with Crippen LogP contribution in [0.3, 0.4) is 0 Å². The molecule has 4 aromatic carbocycles. The van der Waals surface area contributed by atoms with Gasteiger partial charge in [-0.2, -0.15) is 0 Å². The number of ether oxygens (including phenoxy) is 5. The molecule has 0 radical (unpaired) electrons. The second-order valence-corrected chi connectivity index (χ2v) is 10.4. The predicted octanol–water partition coefficient (Wildman–Crippen LogP) is 6.87. The van der Waals surface area contributed by atoms with E-state index in [1.165, 1.54) is 24.6 Å². The van der Waals surface area contributed by atoms with Crippen LogP contribution in [0.2, 0.25) is 0 Å². The summed E-state index contributed by atoms with van der Waals surface area (Å²) in [4.78, 5) is 34.2. The van der Waals surface area contributed by atoms with Gasteiger partial charge in [-0.15, -0.1) is 0 Å². The first-order chi connectivity index (χ1) is 23.0. The maximum Gasteiger partial charge on any atom is 0.186 e. The highest BCUT2D eigenvalue weighted by Gasteiger charge is 2.21. The molecule has 236 valence electrons. The minimum absolute atomic E-state index is 0.214. The summed E-state index contributed by atoms with van der Waals surface area (Å²) in [6, 6.07) is 25.9. The summed E-state index contributed by atoms with van der Waals surface area (Å²) >= 11 is 0. The average molecular weight is 630 g/mol. The number of hydrogen-bond acceptors (Lipinski definition) is 10. The molecule has 0 saturated heterocycles. The Kier molecular flexibility index (Phi) is 9.50. The Hall–Kier alpha value is -6.00. The summed E-state index contributed by atoms with van der Waals surface area (Å²) in [5, 5.41) is 4.01. The van der Waals surface area contributed by atoms with Crippen LogP contribution in [0.25, 0.3) is 16.5 Å². The van der Waals surface area contributed by atoms with Gasteiger partial charge in [-0.25, -0.2) is 9.97 Å². The third kappa shape index (κ3) is 7.46. The first-order valence-electron chi connectivity index (χ1n) is 14.8.